The van der Waals surface area contributed by atoms with Gasteiger partial charge in [-0.1, -0.05) is 24.3 Å². The lowest BCUT2D eigenvalue weighted by molar-refractivity contribution is 0.173. The molecule has 5 heteroatoms. The Labute approximate surface area is 106 Å². The second-order valence-corrected chi connectivity index (χ2v) is 4.16. The Bertz CT molecular complexity index is 483. The quantitative estimate of drug-likeness (QED) is 0.479. The Hall–Kier alpha value is -2.17. The summed E-state index contributed by atoms with van der Waals surface area (Å²) in [4.78, 5) is 4.25. The maximum atomic E-state index is 5.74. The van der Waals surface area contributed by atoms with Gasteiger partial charge in [-0.15, -0.1) is 0 Å². The molecule has 1 aliphatic rings. The van der Waals surface area contributed by atoms with Gasteiger partial charge in [-0.2, -0.15) is 0 Å². The van der Waals surface area contributed by atoms with Crippen molar-refractivity contribution in [2.75, 3.05) is 13.3 Å². The predicted octanol–water partition coefficient (Wildman–Crippen LogP) is 1.40. The van der Waals surface area contributed by atoms with Gasteiger partial charge in [-0.25, -0.2) is 4.99 Å². The molecule has 0 fully saturated rings. The predicted molar refractivity (Wildman–Crippen MR) is 70.7 cm³/mol. The standard InChI is InChI=1S/C13H17N3O2/c1-9(2)6-15-13(14)16-7-10-4-3-5-11-12(10)18-8-17-11/h3-5H,1,6-8H2,2H3,(H3,14,15,16). The van der Waals surface area contributed by atoms with Gasteiger partial charge in [-0.3, -0.25) is 0 Å². The number of ether oxygens (including phenoxy) is 2. The van der Waals surface area contributed by atoms with Crippen LogP contribution in [0.25, 0.3) is 0 Å². The highest BCUT2D eigenvalue weighted by Gasteiger charge is 2.16. The second-order valence-electron chi connectivity index (χ2n) is 4.16. The van der Waals surface area contributed by atoms with Crippen molar-refractivity contribution in [3.8, 4) is 11.5 Å². The van der Waals surface area contributed by atoms with Crippen LogP contribution in [-0.4, -0.2) is 19.3 Å². The molecule has 0 aromatic heterocycles. The molecule has 0 saturated heterocycles. The number of hydrogen-bond acceptors (Lipinski definition) is 3. The van der Waals surface area contributed by atoms with Crippen LogP contribution in [-0.2, 0) is 6.54 Å². The Morgan fingerprint density at radius 3 is 3.11 bits per heavy atom. The van der Waals surface area contributed by atoms with Gasteiger partial charge in [0.1, 0.15) is 0 Å². The third-order valence-electron chi connectivity index (χ3n) is 2.47. The zero-order valence-electron chi connectivity index (χ0n) is 10.4. The van der Waals surface area contributed by atoms with E-state index in [1.165, 1.54) is 0 Å². The zero-order valence-corrected chi connectivity index (χ0v) is 10.4. The van der Waals surface area contributed by atoms with Crippen LogP contribution in [0, 0.1) is 0 Å². The Kier molecular flexibility index (Phi) is 3.72. The molecule has 1 heterocycles. The van der Waals surface area contributed by atoms with E-state index in [2.05, 4.69) is 16.9 Å². The van der Waals surface area contributed by atoms with Gasteiger partial charge < -0.3 is 20.5 Å². The van der Waals surface area contributed by atoms with Crippen LogP contribution in [0.5, 0.6) is 11.5 Å². The molecule has 0 saturated carbocycles. The van der Waals surface area contributed by atoms with Crippen molar-refractivity contribution in [3.63, 3.8) is 0 Å². The van der Waals surface area contributed by atoms with E-state index < -0.39 is 0 Å². The summed E-state index contributed by atoms with van der Waals surface area (Å²) in [6.07, 6.45) is 0. The monoisotopic (exact) mass is 247 g/mol. The number of hydrogen-bond donors (Lipinski definition) is 2. The second kappa shape index (κ2) is 5.44. The van der Waals surface area contributed by atoms with E-state index >= 15 is 0 Å². The first-order valence-electron chi connectivity index (χ1n) is 5.72. The van der Waals surface area contributed by atoms with Crippen molar-refractivity contribution in [1.82, 2.24) is 5.32 Å². The van der Waals surface area contributed by atoms with Crippen molar-refractivity contribution >= 4 is 5.96 Å². The van der Waals surface area contributed by atoms with E-state index in [9.17, 15) is 0 Å². The number of guanidine groups is 1. The molecule has 1 aromatic carbocycles. The van der Waals surface area contributed by atoms with Crippen molar-refractivity contribution in [2.45, 2.75) is 13.5 Å². The van der Waals surface area contributed by atoms with Gasteiger partial charge in [0.05, 0.1) is 6.54 Å². The molecule has 96 valence electrons. The number of rotatable bonds is 4. The fourth-order valence-corrected chi connectivity index (χ4v) is 1.58. The van der Waals surface area contributed by atoms with Crippen LogP contribution in [0.2, 0.25) is 0 Å². The fourth-order valence-electron chi connectivity index (χ4n) is 1.58. The molecular weight excluding hydrogens is 230 g/mol. The van der Waals surface area contributed by atoms with Crippen molar-refractivity contribution in [3.05, 3.63) is 35.9 Å². The number of para-hydroxylation sites is 1. The first-order chi connectivity index (χ1) is 8.66. The Morgan fingerprint density at radius 1 is 1.50 bits per heavy atom. The fraction of sp³-hybridized carbons (Fsp3) is 0.308. The van der Waals surface area contributed by atoms with Gasteiger partial charge in [-0.05, 0) is 13.0 Å². The highest BCUT2D eigenvalue weighted by atomic mass is 16.7. The van der Waals surface area contributed by atoms with Crippen LogP contribution >= 0.6 is 0 Å². The first-order valence-corrected chi connectivity index (χ1v) is 5.72. The summed E-state index contributed by atoms with van der Waals surface area (Å²) in [5, 5.41) is 2.98. The molecule has 0 bridgehead atoms. The van der Waals surface area contributed by atoms with Crippen LogP contribution < -0.4 is 20.5 Å². The molecular formula is C13H17N3O2. The Balaban J connectivity index is 2.00. The summed E-state index contributed by atoms with van der Waals surface area (Å²) in [6, 6.07) is 5.73. The van der Waals surface area contributed by atoms with E-state index in [0.717, 1.165) is 22.6 Å². The Morgan fingerprint density at radius 2 is 2.33 bits per heavy atom. The minimum atomic E-state index is 0.263. The van der Waals surface area contributed by atoms with Gasteiger partial charge in [0, 0.05) is 12.1 Å². The number of nitrogens with one attached hydrogen (secondary N) is 1. The average Bonchev–Trinajstić information content (AvgIpc) is 2.82. The van der Waals surface area contributed by atoms with Gasteiger partial charge in [0.25, 0.3) is 0 Å². The van der Waals surface area contributed by atoms with Crippen LogP contribution in [0.1, 0.15) is 12.5 Å². The molecule has 0 atom stereocenters. The molecule has 0 unspecified atom stereocenters. The molecule has 2 rings (SSSR count). The van der Waals surface area contributed by atoms with Crippen molar-refractivity contribution < 1.29 is 9.47 Å². The lowest BCUT2D eigenvalue weighted by Crippen LogP contribution is -2.32. The smallest absolute Gasteiger partial charge is 0.231 e. The van der Waals surface area contributed by atoms with Crippen LogP contribution in [0.15, 0.2) is 35.3 Å². The van der Waals surface area contributed by atoms with Crippen LogP contribution in [0.3, 0.4) is 0 Å². The van der Waals surface area contributed by atoms with E-state index in [-0.39, 0.29) is 6.79 Å². The maximum absolute atomic E-state index is 5.74. The highest BCUT2D eigenvalue weighted by Crippen LogP contribution is 2.35. The topological polar surface area (TPSA) is 68.9 Å². The molecule has 18 heavy (non-hydrogen) atoms. The summed E-state index contributed by atoms with van der Waals surface area (Å²) in [5.41, 5.74) is 7.71. The SMILES string of the molecule is C=C(C)CNC(N)=NCc1cccc2c1OCO2. The van der Waals surface area contributed by atoms with Crippen molar-refractivity contribution in [1.29, 1.82) is 0 Å². The zero-order chi connectivity index (χ0) is 13.0. The van der Waals surface area contributed by atoms with E-state index in [1.807, 2.05) is 25.1 Å². The third-order valence-corrected chi connectivity index (χ3v) is 2.47. The maximum Gasteiger partial charge on any atom is 0.231 e. The molecule has 1 aromatic rings. The number of aliphatic imine (C=N–C) groups is 1. The highest BCUT2D eigenvalue weighted by molar-refractivity contribution is 5.78. The number of nitrogens with zero attached hydrogens (tertiary/aromatic N) is 1. The molecule has 3 N–H and O–H groups in total. The molecule has 5 nitrogen and oxygen atoms in total. The lowest BCUT2D eigenvalue weighted by Gasteiger charge is -2.06. The summed E-state index contributed by atoms with van der Waals surface area (Å²) < 4.78 is 10.7. The first kappa shape index (κ1) is 12.3. The van der Waals surface area contributed by atoms with Gasteiger partial charge in [0.2, 0.25) is 6.79 Å². The van der Waals surface area contributed by atoms with E-state index in [0.29, 0.717) is 19.0 Å². The summed E-state index contributed by atoms with van der Waals surface area (Å²) >= 11 is 0. The van der Waals surface area contributed by atoms with Crippen LogP contribution in [0.4, 0.5) is 0 Å². The summed E-state index contributed by atoms with van der Waals surface area (Å²) in [5.74, 6) is 1.92. The number of fused-ring (bicyclic) bond motifs is 1. The van der Waals surface area contributed by atoms with Gasteiger partial charge in [0.15, 0.2) is 17.5 Å². The molecule has 0 amide bonds. The molecule has 0 aliphatic carbocycles. The van der Waals surface area contributed by atoms with Crippen molar-refractivity contribution in [2.24, 2.45) is 10.7 Å². The largest absolute Gasteiger partial charge is 0.454 e. The van der Waals surface area contributed by atoms with Gasteiger partial charge >= 0.3 is 0 Å². The van der Waals surface area contributed by atoms with E-state index in [1.54, 1.807) is 0 Å². The van der Waals surface area contributed by atoms with E-state index in [4.69, 9.17) is 15.2 Å². The number of nitrogens with two attached hydrogens (primary N) is 1. The summed E-state index contributed by atoms with van der Waals surface area (Å²) in [7, 11) is 0. The minimum absolute atomic E-state index is 0.263. The normalized spacial score (nSPS) is 13.5. The average molecular weight is 247 g/mol. The molecule has 0 spiro atoms. The minimum Gasteiger partial charge on any atom is -0.454 e. The third kappa shape index (κ3) is 2.94. The number of benzene rings is 1. The molecule has 0 radical (unpaired) electrons. The lowest BCUT2D eigenvalue weighted by atomic mass is 10.2. The summed E-state index contributed by atoms with van der Waals surface area (Å²) in [6.45, 7) is 7.06. The molecule has 1 aliphatic heterocycles.